The van der Waals surface area contributed by atoms with Gasteiger partial charge in [0.2, 0.25) is 0 Å². The van der Waals surface area contributed by atoms with Crippen LogP contribution in [0.15, 0.2) is 16.9 Å². The van der Waals surface area contributed by atoms with Gasteiger partial charge in [-0.2, -0.15) is 13.2 Å². The molecule has 0 unspecified atom stereocenters. The van der Waals surface area contributed by atoms with Gasteiger partial charge in [-0.15, -0.1) is 0 Å². The van der Waals surface area contributed by atoms with Gasteiger partial charge in [0.1, 0.15) is 0 Å². The highest BCUT2D eigenvalue weighted by molar-refractivity contribution is 6.02. The number of hydrogen-bond acceptors (Lipinski definition) is 2. The zero-order valence-electron chi connectivity index (χ0n) is 9.99. The third-order valence-corrected chi connectivity index (χ3v) is 3.29. The summed E-state index contributed by atoms with van der Waals surface area (Å²) in [6.07, 6.45) is -3.20. The van der Waals surface area contributed by atoms with Crippen LogP contribution in [0.1, 0.15) is 34.8 Å². The van der Waals surface area contributed by atoms with E-state index in [2.05, 4.69) is 5.10 Å². The normalized spacial score (nSPS) is 15.8. The summed E-state index contributed by atoms with van der Waals surface area (Å²) < 4.78 is 39.5. The van der Waals surface area contributed by atoms with E-state index in [1.165, 1.54) is 4.68 Å². The Labute approximate surface area is 109 Å². The smallest absolute Gasteiger partial charge is 0.416 e. The van der Waals surface area contributed by atoms with Gasteiger partial charge >= 0.3 is 12.1 Å². The molecule has 0 saturated heterocycles. The first-order chi connectivity index (χ1) is 9.29. The first-order valence-electron chi connectivity index (χ1n) is 5.88. The summed E-state index contributed by atoms with van der Waals surface area (Å²) in [6.45, 7) is 0. The summed E-state index contributed by atoms with van der Waals surface area (Å²) in [4.78, 5) is 23.1. The summed E-state index contributed by atoms with van der Waals surface area (Å²) in [7, 11) is 0. The minimum Gasteiger partial charge on any atom is -0.478 e. The molecule has 1 fully saturated rings. The first-order valence-corrected chi connectivity index (χ1v) is 5.88. The average Bonchev–Trinajstić information content (AvgIpc) is 3.12. The van der Waals surface area contributed by atoms with Crippen molar-refractivity contribution in [2.24, 2.45) is 0 Å². The SMILES string of the molecule is O=C(O)c1cc(C(F)(F)F)cc2c(=O)n(C3CC3)[nH]c12. The predicted octanol–water partition coefficient (Wildman–Crippen LogP) is 2.38. The summed E-state index contributed by atoms with van der Waals surface area (Å²) in [5, 5.41) is 11.4. The van der Waals surface area contributed by atoms with Crippen molar-refractivity contribution in [1.82, 2.24) is 9.78 Å². The number of fused-ring (bicyclic) bond motifs is 1. The van der Waals surface area contributed by atoms with Crippen LogP contribution in [0.25, 0.3) is 10.9 Å². The lowest BCUT2D eigenvalue weighted by atomic mass is 10.1. The van der Waals surface area contributed by atoms with Crippen molar-refractivity contribution < 1.29 is 23.1 Å². The van der Waals surface area contributed by atoms with E-state index < -0.39 is 28.8 Å². The monoisotopic (exact) mass is 286 g/mol. The Bertz CT molecular complexity index is 769. The molecule has 5 nitrogen and oxygen atoms in total. The van der Waals surface area contributed by atoms with Crippen molar-refractivity contribution in [3.63, 3.8) is 0 Å². The van der Waals surface area contributed by atoms with Gasteiger partial charge in [0, 0.05) is 0 Å². The summed E-state index contributed by atoms with van der Waals surface area (Å²) in [5.41, 5.74) is -2.37. The Morgan fingerprint density at radius 1 is 1.35 bits per heavy atom. The molecular weight excluding hydrogens is 277 g/mol. The van der Waals surface area contributed by atoms with Crippen molar-refractivity contribution in [2.75, 3.05) is 0 Å². The van der Waals surface area contributed by atoms with Crippen LogP contribution < -0.4 is 5.56 Å². The summed E-state index contributed by atoms with van der Waals surface area (Å²) in [5.74, 6) is -1.51. The second kappa shape index (κ2) is 3.87. The Morgan fingerprint density at radius 2 is 2.00 bits per heavy atom. The van der Waals surface area contributed by atoms with E-state index >= 15 is 0 Å². The largest absolute Gasteiger partial charge is 0.478 e. The van der Waals surface area contributed by atoms with E-state index in [1.807, 2.05) is 0 Å². The lowest BCUT2D eigenvalue weighted by Crippen LogP contribution is -2.15. The lowest BCUT2D eigenvalue weighted by molar-refractivity contribution is -0.137. The number of aromatic amines is 1. The number of aromatic carboxylic acids is 1. The molecule has 0 bridgehead atoms. The number of carboxylic acid groups (broad SMARTS) is 1. The van der Waals surface area contributed by atoms with Gasteiger partial charge in [0.15, 0.2) is 0 Å². The summed E-state index contributed by atoms with van der Waals surface area (Å²) in [6, 6.07) is 1.16. The maximum atomic E-state index is 12.8. The molecule has 1 saturated carbocycles. The zero-order chi connectivity index (χ0) is 14.7. The van der Waals surface area contributed by atoms with Crippen LogP contribution in [0.5, 0.6) is 0 Å². The molecule has 0 radical (unpaired) electrons. The minimum absolute atomic E-state index is 0.0672. The van der Waals surface area contributed by atoms with Crippen LogP contribution in [0.2, 0.25) is 0 Å². The molecule has 106 valence electrons. The number of hydrogen-bond donors (Lipinski definition) is 2. The number of benzene rings is 1. The van der Waals surface area contributed by atoms with Crippen molar-refractivity contribution in [3.05, 3.63) is 33.6 Å². The molecular formula is C12H9F3N2O3. The molecule has 8 heteroatoms. The molecule has 0 aliphatic heterocycles. The highest BCUT2D eigenvalue weighted by atomic mass is 19.4. The molecule has 0 amide bonds. The van der Waals surface area contributed by atoms with E-state index in [9.17, 15) is 22.8 Å². The average molecular weight is 286 g/mol. The van der Waals surface area contributed by atoms with Gasteiger partial charge in [-0.05, 0) is 25.0 Å². The number of carboxylic acids is 1. The maximum absolute atomic E-state index is 12.8. The van der Waals surface area contributed by atoms with Crippen LogP contribution in [0.3, 0.4) is 0 Å². The number of carbonyl (C=O) groups is 1. The standard InChI is InChI=1S/C12H9F3N2O3/c13-12(14,15)5-3-7-9(8(4-5)11(19)20)16-17(10(7)18)6-1-2-6/h3-4,6,16H,1-2H2,(H,19,20). The highest BCUT2D eigenvalue weighted by Crippen LogP contribution is 2.35. The van der Waals surface area contributed by atoms with E-state index in [-0.39, 0.29) is 16.9 Å². The van der Waals surface area contributed by atoms with Gasteiger partial charge in [0.05, 0.1) is 28.1 Å². The quantitative estimate of drug-likeness (QED) is 0.890. The Balaban J connectivity index is 2.35. The third kappa shape index (κ3) is 1.87. The van der Waals surface area contributed by atoms with Crippen LogP contribution in [0, 0.1) is 0 Å². The number of alkyl halides is 3. The molecule has 0 atom stereocenters. The second-order valence-electron chi connectivity index (χ2n) is 4.77. The Hall–Kier alpha value is -2.25. The van der Waals surface area contributed by atoms with E-state index in [1.54, 1.807) is 0 Å². The second-order valence-corrected chi connectivity index (χ2v) is 4.77. The van der Waals surface area contributed by atoms with Crippen molar-refractivity contribution in [3.8, 4) is 0 Å². The number of nitrogens with one attached hydrogen (secondary N) is 1. The highest BCUT2D eigenvalue weighted by Gasteiger charge is 2.34. The molecule has 1 aliphatic carbocycles. The van der Waals surface area contributed by atoms with Crippen LogP contribution in [-0.2, 0) is 6.18 Å². The molecule has 3 rings (SSSR count). The molecule has 1 aromatic carbocycles. The van der Waals surface area contributed by atoms with E-state index in [0.717, 1.165) is 12.8 Å². The number of nitrogens with zero attached hydrogens (tertiary/aromatic N) is 1. The third-order valence-electron chi connectivity index (χ3n) is 3.29. The minimum atomic E-state index is -4.70. The molecule has 1 aliphatic rings. The van der Waals surface area contributed by atoms with E-state index in [0.29, 0.717) is 12.1 Å². The number of aromatic nitrogens is 2. The molecule has 1 aromatic heterocycles. The van der Waals surface area contributed by atoms with Crippen LogP contribution >= 0.6 is 0 Å². The maximum Gasteiger partial charge on any atom is 0.416 e. The molecule has 2 N–H and O–H groups in total. The van der Waals surface area contributed by atoms with Crippen molar-refractivity contribution in [2.45, 2.75) is 25.1 Å². The number of rotatable bonds is 2. The summed E-state index contributed by atoms with van der Waals surface area (Å²) >= 11 is 0. The topological polar surface area (TPSA) is 75.1 Å². The molecule has 1 heterocycles. The Morgan fingerprint density at radius 3 is 2.50 bits per heavy atom. The molecule has 2 aromatic rings. The fraction of sp³-hybridized carbons (Fsp3) is 0.333. The van der Waals surface area contributed by atoms with Gasteiger partial charge < -0.3 is 5.11 Å². The fourth-order valence-electron chi connectivity index (χ4n) is 2.15. The number of H-pyrrole nitrogens is 1. The van der Waals surface area contributed by atoms with Crippen molar-refractivity contribution >= 4 is 16.9 Å². The number of halogens is 3. The lowest BCUT2D eigenvalue weighted by Gasteiger charge is -2.07. The van der Waals surface area contributed by atoms with Gasteiger partial charge in [-0.3, -0.25) is 9.89 Å². The molecule has 0 spiro atoms. The van der Waals surface area contributed by atoms with Crippen LogP contribution in [0.4, 0.5) is 13.2 Å². The van der Waals surface area contributed by atoms with Crippen LogP contribution in [-0.4, -0.2) is 20.9 Å². The molecule has 20 heavy (non-hydrogen) atoms. The first kappa shape index (κ1) is 12.8. The predicted molar refractivity (Wildman–Crippen MR) is 62.8 cm³/mol. The fourth-order valence-corrected chi connectivity index (χ4v) is 2.15. The zero-order valence-corrected chi connectivity index (χ0v) is 9.99. The van der Waals surface area contributed by atoms with E-state index in [4.69, 9.17) is 5.11 Å². The van der Waals surface area contributed by atoms with Crippen molar-refractivity contribution in [1.29, 1.82) is 0 Å². The van der Waals surface area contributed by atoms with Gasteiger partial charge in [-0.1, -0.05) is 0 Å². The Kier molecular flexibility index (Phi) is 2.47. The van der Waals surface area contributed by atoms with Gasteiger partial charge in [0.25, 0.3) is 5.56 Å². The van der Waals surface area contributed by atoms with Gasteiger partial charge in [-0.25, -0.2) is 9.48 Å².